The van der Waals surface area contributed by atoms with Crippen LogP contribution < -0.4 is 0 Å². The molecule has 2 saturated heterocycles. The van der Waals surface area contributed by atoms with Gasteiger partial charge in [-0.1, -0.05) is 6.07 Å². The molecule has 3 rings (SSSR count). The predicted molar refractivity (Wildman–Crippen MR) is 91.1 cm³/mol. The van der Waals surface area contributed by atoms with Crippen molar-refractivity contribution < 1.29 is 17.9 Å². The van der Waals surface area contributed by atoms with E-state index in [2.05, 4.69) is 0 Å². The van der Waals surface area contributed by atoms with Crippen LogP contribution in [0.2, 0.25) is 0 Å². The summed E-state index contributed by atoms with van der Waals surface area (Å²) < 4.78 is 29.2. The minimum absolute atomic E-state index is 0.0254. The molecule has 2 atom stereocenters. The highest BCUT2D eigenvalue weighted by atomic mass is 32.2. The molecule has 0 aliphatic carbocycles. The van der Waals surface area contributed by atoms with Crippen molar-refractivity contribution in [1.82, 2.24) is 4.90 Å². The molecule has 23 heavy (non-hydrogen) atoms. The summed E-state index contributed by atoms with van der Waals surface area (Å²) in [6, 6.07) is 3.64. The fourth-order valence-electron chi connectivity index (χ4n) is 3.08. The van der Waals surface area contributed by atoms with E-state index in [-0.39, 0.29) is 29.6 Å². The van der Waals surface area contributed by atoms with Gasteiger partial charge in [0.15, 0.2) is 9.84 Å². The third kappa shape index (κ3) is 4.43. The lowest BCUT2D eigenvalue weighted by molar-refractivity contribution is -0.129. The second-order valence-electron chi connectivity index (χ2n) is 6.03. The van der Waals surface area contributed by atoms with Crippen molar-refractivity contribution in [3.05, 3.63) is 28.5 Å². The fourth-order valence-corrected chi connectivity index (χ4v) is 5.43. The number of carbonyl (C=O) groups excluding carboxylic acids is 1. The van der Waals surface area contributed by atoms with Crippen molar-refractivity contribution in [3.8, 4) is 0 Å². The Morgan fingerprint density at radius 1 is 1.43 bits per heavy atom. The summed E-state index contributed by atoms with van der Waals surface area (Å²) in [6.45, 7) is 1.20. The van der Waals surface area contributed by atoms with E-state index >= 15 is 0 Å². The zero-order valence-electron chi connectivity index (χ0n) is 12.9. The Labute approximate surface area is 140 Å². The first-order chi connectivity index (χ1) is 11.0. The topological polar surface area (TPSA) is 63.7 Å². The first kappa shape index (κ1) is 16.7. The van der Waals surface area contributed by atoms with Crippen LogP contribution in [0.1, 0.15) is 24.1 Å². The Hall–Kier alpha value is -1.18. The van der Waals surface area contributed by atoms with Crippen molar-refractivity contribution in [3.63, 3.8) is 0 Å². The van der Waals surface area contributed by atoms with Crippen LogP contribution in [-0.2, 0) is 19.4 Å². The minimum Gasteiger partial charge on any atom is -0.376 e. The lowest BCUT2D eigenvalue weighted by atomic mass is 10.1. The molecule has 5 nitrogen and oxygen atoms in total. The summed E-state index contributed by atoms with van der Waals surface area (Å²) in [6.07, 6.45) is 5.81. The smallest absolute Gasteiger partial charge is 0.246 e. The number of sulfone groups is 1. The summed E-state index contributed by atoms with van der Waals surface area (Å²) in [7, 11) is -3.02. The number of nitrogens with zero attached hydrogens (tertiary/aromatic N) is 1. The number of hydrogen-bond donors (Lipinski definition) is 0. The summed E-state index contributed by atoms with van der Waals surface area (Å²) >= 11 is 1.56. The SMILES string of the molecule is O=C(/C=C/c1cccs1)N(C[C@@H]1CCCO1)[C@@H]1CCS(=O)(=O)C1. The van der Waals surface area contributed by atoms with Crippen LogP contribution in [0.4, 0.5) is 0 Å². The first-order valence-corrected chi connectivity index (χ1v) is 10.6. The standard InChI is InChI=1S/C16H21NO4S2/c18-16(6-5-15-4-2-9-22-15)17(11-14-3-1-8-21-14)13-7-10-23(19,20)12-13/h2,4-6,9,13-14H,1,3,7-8,10-12H2/b6-5+/t13-,14+/m1/s1. The average Bonchev–Trinajstić information content (AvgIpc) is 3.24. The molecule has 3 heterocycles. The molecule has 2 aliphatic rings. The highest BCUT2D eigenvalue weighted by Gasteiger charge is 2.35. The van der Waals surface area contributed by atoms with Gasteiger partial charge >= 0.3 is 0 Å². The van der Waals surface area contributed by atoms with Crippen molar-refractivity contribution in [2.75, 3.05) is 24.7 Å². The van der Waals surface area contributed by atoms with Gasteiger partial charge in [-0.05, 0) is 36.8 Å². The average molecular weight is 355 g/mol. The fraction of sp³-hybridized carbons (Fsp3) is 0.562. The lowest BCUT2D eigenvalue weighted by Crippen LogP contribution is -2.44. The molecule has 0 N–H and O–H groups in total. The van der Waals surface area contributed by atoms with E-state index in [0.717, 1.165) is 24.3 Å². The highest BCUT2D eigenvalue weighted by molar-refractivity contribution is 7.91. The second kappa shape index (κ2) is 7.15. The van der Waals surface area contributed by atoms with Crippen LogP contribution in [0.25, 0.3) is 6.08 Å². The molecule has 0 spiro atoms. The third-order valence-corrected chi connectivity index (χ3v) is 6.88. The van der Waals surface area contributed by atoms with Crippen molar-refractivity contribution in [1.29, 1.82) is 0 Å². The summed E-state index contributed by atoms with van der Waals surface area (Å²) in [5.74, 6) is 0.107. The van der Waals surface area contributed by atoms with Crippen LogP contribution in [0.5, 0.6) is 0 Å². The van der Waals surface area contributed by atoms with Crippen molar-refractivity contribution >= 4 is 33.2 Å². The summed E-state index contributed by atoms with van der Waals surface area (Å²) in [4.78, 5) is 15.3. The molecule has 1 aromatic rings. The van der Waals surface area contributed by atoms with Gasteiger partial charge in [0.05, 0.1) is 17.6 Å². The van der Waals surface area contributed by atoms with Gasteiger partial charge in [0.25, 0.3) is 0 Å². The Kier molecular flexibility index (Phi) is 5.18. The summed E-state index contributed by atoms with van der Waals surface area (Å²) in [5, 5.41) is 1.96. The van der Waals surface area contributed by atoms with E-state index in [1.807, 2.05) is 17.5 Å². The van der Waals surface area contributed by atoms with E-state index in [1.54, 1.807) is 28.4 Å². The van der Waals surface area contributed by atoms with Crippen molar-refractivity contribution in [2.24, 2.45) is 0 Å². The Morgan fingerprint density at radius 2 is 2.30 bits per heavy atom. The van der Waals surface area contributed by atoms with Gasteiger partial charge in [0, 0.05) is 30.1 Å². The summed E-state index contributed by atoms with van der Waals surface area (Å²) in [5.41, 5.74) is 0. The molecular weight excluding hydrogens is 334 g/mol. The lowest BCUT2D eigenvalue weighted by Gasteiger charge is -2.29. The molecule has 1 amide bonds. The van der Waals surface area contributed by atoms with Crippen LogP contribution in [0.15, 0.2) is 23.6 Å². The minimum atomic E-state index is -3.02. The maximum absolute atomic E-state index is 12.6. The molecule has 2 fully saturated rings. The number of amides is 1. The van der Waals surface area contributed by atoms with E-state index in [9.17, 15) is 13.2 Å². The molecule has 0 aromatic carbocycles. The largest absolute Gasteiger partial charge is 0.376 e. The van der Waals surface area contributed by atoms with Gasteiger partial charge in [0.1, 0.15) is 0 Å². The maximum atomic E-state index is 12.6. The van der Waals surface area contributed by atoms with Crippen LogP contribution >= 0.6 is 11.3 Å². The molecule has 0 saturated carbocycles. The van der Waals surface area contributed by atoms with Gasteiger partial charge < -0.3 is 9.64 Å². The number of ether oxygens (including phenoxy) is 1. The Bertz CT molecular complexity index is 660. The molecule has 126 valence electrons. The van der Waals surface area contributed by atoms with Gasteiger partial charge in [-0.2, -0.15) is 0 Å². The molecule has 1 aromatic heterocycles. The molecular formula is C16H21NO4S2. The highest BCUT2D eigenvalue weighted by Crippen LogP contribution is 2.22. The van der Waals surface area contributed by atoms with E-state index < -0.39 is 9.84 Å². The monoisotopic (exact) mass is 355 g/mol. The first-order valence-electron chi connectivity index (χ1n) is 7.88. The zero-order chi connectivity index (χ0) is 16.3. The van der Waals surface area contributed by atoms with E-state index in [4.69, 9.17) is 4.74 Å². The molecule has 0 bridgehead atoms. The number of thiophene rings is 1. The van der Waals surface area contributed by atoms with Gasteiger partial charge in [-0.15, -0.1) is 11.3 Å². The number of carbonyl (C=O) groups is 1. The molecule has 2 aliphatic heterocycles. The van der Waals surface area contributed by atoms with Crippen LogP contribution in [0.3, 0.4) is 0 Å². The zero-order valence-corrected chi connectivity index (χ0v) is 14.5. The van der Waals surface area contributed by atoms with Crippen molar-refractivity contribution in [2.45, 2.75) is 31.4 Å². The van der Waals surface area contributed by atoms with Gasteiger partial charge in [-0.25, -0.2) is 8.42 Å². The quantitative estimate of drug-likeness (QED) is 0.758. The maximum Gasteiger partial charge on any atom is 0.246 e. The van der Waals surface area contributed by atoms with Gasteiger partial charge in [0.2, 0.25) is 5.91 Å². The van der Waals surface area contributed by atoms with E-state index in [1.165, 1.54) is 0 Å². The Morgan fingerprint density at radius 3 is 2.91 bits per heavy atom. The molecule has 7 heteroatoms. The predicted octanol–water partition coefficient (Wildman–Crippen LogP) is 1.96. The normalized spacial score (nSPS) is 26.8. The van der Waals surface area contributed by atoms with Gasteiger partial charge in [-0.3, -0.25) is 4.79 Å². The number of hydrogen-bond acceptors (Lipinski definition) is 5. The Balaban J connectivity index is 1.72. The van der Waals surface area contributed by atoms with Crippen LogP contribution in [0, 0.1) is 0 Å². The second-order valence-corrected chi connectivity index (χ2v) is 9.24. The molecule has 0 radical (unpaired) electrons. The number of rotatable bonds is 5. The third-order valence-electron chi connectivity index (χ3n) is 4.29. The molecule has 0 unspecified atom stereocenters. The van der Waals surface area contributed by atoms with E-state index in [0.29, 0.717) is 13.0 Å². The van der Waals surface area contributed by atoms with Crippen LogP contribution in [-0.4, -0.2) is 56.0 Å².